The van der Waals surface area contributed by atoms with Crippen LogP contribution in [0.1, 0.15) is 32.1 Å². The summed E-state index contributed by atoms with van der Waals surface area (Å²) in [5, 5.41) is 5.45. The second kappa shape index (κ2) is 10.4. The summed E-state index contributed by atoms with van der Waals surface area (Å²) in [7, 11) is 0. The zero-order valence-electron chi connectivity index (χ0n) is 20.9. The maximum atomic E-state index is 13.1. The van der Waals surface area contributed by atoms with E-state index in [1.54, 1.807) is 11.0 Å². The molecule has 3 aliphatic rings. The Kier molecular flexibility index (Phi) is 6.67. The van der Waals surface area contributed by atoms with E-state index in [4.69, 9.17) is 0 Å². The van der Waals surface area contributed by atoms with Gasteiger partial charge in [-0.05, 0) is 50.9 Å². The number of likely N-dealkylation sites (tertiary alicyclic amines) is 2. The van der Waals surface area contributed by atoms with Gasteiger partial charge < -0.3 is 19.6 Å². The number of nitrogens with zero attached hydrogens (tertiary/aromatic N) is 9. The number of anilines is 2. The quantitative estimate of drug-likeness (QED) is 0.538. The van der Waals surface area contributed by atoms with Crippen LogP contribution in [0.2, 0.25) is 0 Å². The fourth-order valence-electron chi connectivity index (χ4n) is 5.93. The highest BCUT2D eigenvalue weighted by Crippen LogP contribution is 2.25. The summed E-state index contributed by atoms with van der Waals surface area (Å²) < 4.78 is 1.74. The molecule has 36 heavy (non-hydrogen) atoms. The molecular weight excluding hydrogens is 454 g/mol. The van der Waals surface area contributed by atoms with Crippen LogP contribution >= 0.6 is 0 Å². The first-order chi connectivity index (χ1) is 17.8. The van der Waals surface area contributed by atoms with Gasteiger partial charge in [-0.2, -0.15) is 5.10 Å². The summed E-state index contributed by atoms with van der Waals surface area (Å²) in [5.41, 5.74) is 0.726. The van der Waals surface area contributed by atoms with Gasteiger partial charge in [0.25, 0.3) is 0 Å². The molecule has 0 bridgehead atoms. The Morgan fingerprint density at radius 2 is 1.64 bits per heavy atom. The van der Waals surface area contributed by atoms with E-state index in [1.165, 1.54) is 32.4 Å². The molecule has 0 saturated carbocycles. The van der Waals surface area contributed by atoms with Gasteiger partial charge in [-0.1, -0.05) is 12.5 Å². The van der Waals surface area contributed by atoms with E-state index in [0.29, 0.717) is 6.04 Å². The summed E-state index contributed by atoms with van der Waals surface area (Å²) >= 11 is 0. The normalized spacial score (nSPS) is 20.3. The van der Waals surface area contributed by atoms with Crippen LogP contribution in [0.15, 0.2) is 36.9 Å². The molecule has 6 rings (SSSR count). The van der Waals surface area contributed by atoms with E-state index in [2.05, 4.69) is 40.8 Å². The molecule has 0 radical (unpaired) electrons. The predicted molar refractivity (Wildman–Crippen MR) is 139 cm³/mol. The van der Waals surface area contributed by atoms with Crippen molar-refractivity contribution in [2.45, 2.75) is 44.7 Å². The van der Waals surface area contributed by atoms with Gasteiger partial charge in [0.1, 0.15) is 24.5 Å². The van der Waals surface area contributed by atoms with Crippen molar-refractivity contribution >= 4 is 28.6 Å². The first-order valence-corrected chi connectivity index (χ1v) is 13.4. The van der Waals surface area contributed by atoms with E-state index in [-0.39, 0.29) is 12.5 Å². The predicted octanol–water partition coefficient (Wildman–Crippen LogP) is 2.02. The molecule has 0 spiro atoms. The maximum Gasteiger partial charge on any atom is 0.244 e. The monoisotopic (exact) mass is 489 g/mol. The van der Waals surface area contributed by atoms with Crippen LogP contribution in [0.3, 0.4) is 0 Å². The summed E-state index contributed by atoms with van der Waals surface area (Å²) in [4.78, 5) is 35.9. The van der Waals surface area contributed by atoms with Crippen LogP contribution in [0.25, 0.3) is 11.0 Å². The van der Waals surface area contributed by atoms with Crippen LogP contribution in [0.4, 0.5) is 11.6 Å². The number of amides is 1. The third-order valence-corrected chi connectivity index (χ3v) is 7.97. The van der Waals surface area contributed by atoms with Crippen molar-refractivity contribution < 1.29 is 4.79 Å². The molecule has 3 fully saturated rings. The second-order valence-corrected chi connectivity index (χ2v) is 10.1. The molecule has 6 heterocycles. The number of rotatable bonds is 5. The number of carbonyl (C=O) groups excluding carboxylic acids is 1. The van der Waals surface area contributed by atoms with Crippen molar-refractivity contribution in [3.05, 3.63) is 36.9 Å². The fourth-order valence-corrected chi connectivity index (χ4v) is 5.93. The standard InChI is InChI=1S/C26H35N9O/c36-24(33-12-7-21(8-13-33)31-10-4-1-5-11-31)19-35-26-22(18-30-35)25(28-20-29-26)34-16-14-32(15-17-34)23-6-2-3-9-27-23/h2-3,6,9,18,20-21H,1,4-5,7-8,10-17,19H2. The van der Waals surface area contributed by atoms with E-state index in [0.717, 1.165) is 74.8 Å². The van der Waals surface area contributed by atoms with E-state index < -0.39 is 0 Å². The molecule has 10 heteroatoms. The Labute approximate surface area is 211 Å². The third kappa shape index (κ3) is 4.74. The van der Waals surface area contributed by atoms with Crippen LogP contribution in [0.5, 0.6) is 0 Å². The number of carbonyl (C=O) groups is 1. The summed E-state index contributed by atoms with van der Waals surface area (Å²) in [6, 6.07) is 6.65. The lowest BCUT2D eigenvalue weighted by atomic mass is 10.00. The summed E-state index contributed by atoms with van der Waals surface area (Å²) in [6.45, 7) is 7.78. The van der Waals surface area contributed by atoms with Crippen LogP contribution < -0.4 is 9.80 Å². The smallest absolute Gasteiger partial charge is 0.244 e. The van der Waals surface area contributed by atoms with E-state index in [9.17, 15) is 4.79 Å². The molecule has 0 N–H and O–H groups in total. The van der Waals surface area contributed by atoms with Crippen LogP contribution in [-0.4, -0.2) is 98.8 Å². The first-order valence-electron chi connectivity index (χ1n) is 13.4. The van der Waals surface area contributed by atoms with Gasteiger partial charge in [-0.25, -0.2) is 19.6 Å². The lowest BCUT2D eigenvalue weighted by Gasteiger charge is -2.40. The van der Waals surface area contributed by atoms with Gasteiger partial charge in [0.15, 0.2) is 5.65 Å². The number of hydrogen-bond acceptors (Lipinski definition) is 8. The van der Waals surface area contributed by atoms with Gasteiger partial charge >= 0.3 is 0 Å². The van der Waals surface area contributed by atoms with Crippen LogP contribution in [0, 0.1) is 0 Å². The van der Waals surface area contributed by atoms with Crippen LogP contribution in [-0.2, 0) is 11.3 Å². The molecule has 3 aromatic rings. The lowest BCUT2D eigenvalue weighted by Crippen LogP contribution is -2.48. The summed E-state index contributed by atoms with van der Waals surface area (Å²) in [5.74, 6) is 2.03. The van der Waals surface area contributed by atoms with E-state index >= 15 is 0 Å². The lowest BCUT2D eigenvalue weighted by molar-refractivity contribution is -0.133. The molecular formula is C26H35N9O. The largest absolute Gasteiger partial charge is 0.353 e. The third-order valence-electron chi connectivity index (χ3n) is 7.97. The Morgan fingerprint density at radius 3 is 2.39 bits per heavy atom. The zero-order chi connectivity index (χ0) is 24.3. The molecule has 0 aromatic carbocycles. The minimum atomic E-state index is 0.126. The number of hydrogen-bond donors (Lipinski definition) is 0. The molecule has 0 unspecified atom stereocenters. The van der Waals surface area contributed by atoms with Crippen molar-refractivity contribution in [2.75, 3.05) is 62.2 Å². The SMILES string of the molecule is O=C(Cn1ncc2c(N3CCN(c4ccccn4)CC3)ncnc21)N1CCC(N2CCCCC2)CC1. The van der Waals surface area contributed by atoms with Gasteiger partial charge in [0.05, 0.1) is 11.6 Å². The fraction of sp³-hybridized carbons (Fsp3) is 0.577. The van der Waals surface area contributed by atoms with E-state index in [1.807, 2.05) is 29.4 Å². The van der Waals surface area contributed by atoms with Gasteiger partial charge in [0.2, 0.25) is 5.91 Å². The number of fused-ring (bicyclic) bond motifs is 1. The molecule has 0 atom stereocenters. The maximum absolute atomic E-state index is 13.1. The van der Waals surface area contributed by atoms with Crippen molar-refractivity contribution in [3.63, 3.8) is 0 Å². The number of pyridine rings is 1. The molecule has 1 amide bonds. The molecule has 3 aromatic heterocycles. The number of aromatic nitrogens is 5. The molecule has 10 nitrogen and oxygen atoms in total. The van der Waals surface area contributed by atoms with Crippen molar-refractivity contribution in [2.24, 2.45) is 0 Å². The average Bonchev–Trinajstić information content (AvgIpc) is 3.37. The molecule has 0 aliphatic carbocycles. The Hall–Kier alpha value is -3.27. The molecule has 190 valence electrons. The van der Waals surface area contributed by atoms with Crippen molar-refractivity contribution in [1.82, 2.24) is 34.5 Å². The molecule has 3 aliphatic heterocycles. The average molecular weight is 490 g/mol. The Balaban J connectivity index is 1.08. The topological polar surface area (TPSA) is 86.5 Å². The Morgan fingerprint density at radius 1 is 0.861 bits per heavy atom. The first kappa shape index (κ1) is 23.1. The highest BCUT2D eigenvalue weighted by atomic mass is 16.2. The number of piperidine rings is 2. The highest BCUT2D eigenvalue weighted by Gasteiger charge is 2.28. The van der Waals surface area contributed by atoms with Gasteiger partial charge in [-0.15, -0.1) is 0 Å². The van der Waals surface area contributed by atoms with Crippen molar-refractivity contribution in [1.29, 1.82) is 0 Å². The number of piperazine rings is 1. The minimum Gasteiger partial charge on any atom is -0.353 e. The van der Waals surface area contributed by atoms with Gasteiger partial charge in [-0.3, -0.25) is 4.79 Å². The molecule has 3 saturated heterocycles. The van der Waals surface area contributed by atoms with Gasteiger partial charge in [0, 0.05) is 51.5 Å². The zero-order valence-corrected chi connectivity index (χ0v) is 20.9. The highest BCUT2D eigenvalue weighted by molar-refractivity contribution is 5.88. The Bertz CT molecular complexity index is 1160. The van der Waals surface area contributed by atoms with Crippen molar-refractivity contribution in [3.8, 4) is 0 Å². The summed E-state index contributed by atoms with van der Waals surface area (Å²) in [6.07, 6.45) is 11.4. The second-order valence-electron chi connectivity index (χ2n) is 10.1. The minimum absolute atomic E-state index is 0.126.